The van der Waals surface area contributed by atoms with Crippen molar-refractivity contribution in [2.24, 2.45) is 5.73 Å². The van der Waals surface area contributed by atoms with E-state index in [1.165, 1.54) is 25.3 Å². The number of nitriles is 1. The fraction of sp³-hybridized carbons (Fsp3) is 0.270. The topological polar surface area (TPSA) is 127 Å². The second-order valence-electron chi connectivity index (χ2n) is 11.3. The van der Waals surface area contributed by atoms with Crippen LogP contribution in [0, 0.1) is 17.1 Å². The number of anilines is 1. The first kappa shape index (κ1) is 33.3. The molecule has 242 valence electrons. The van der Waals surface area contributed by atoms with Crippen molar-refractivity contribution in [1.82, 2.24) is 5.32 Å². The van der Waals surface area contributed by atoms with E-state index < -0.39 is 29.8 Å². The molecule has 0 aliphatic carbocycles. The van der Waals surface area contributed by atoms with E-state index in [2.05, 4.69) is 11.4 Å². The minimum atomic E-state index is -1.17. The SMILES string of the molecule is COC(=O)N(C(=O)[C@@H](N)C(c1ccccc1)c1ccccc1)c1ccc(F)cc1CC[C@@H]1CNC[C@@H](COc2cccc(C#N)c2)O1. The Morgan fingerprint density at radius 1 is 0.979 bits per heavy atom. The van der Waals surface area contributed by atoms with Crippen molar-refractivity contribution >= 4 is 17.7 Å². The molecule has 9 nitrogen and oxygen atoms in total. The van der Waals surface area contributed by atoms with Gasteiger partial charge in [0, 0.05) is 19.0 Å². The van der Waals surface area contributed by atoms with E-state index in [9.17, 15) is 14.0 Å². The van der Waals surface area contributed by atoms with E-state index in [0.717, 1.165) is 16.0 Å². The number of rotatable bonds is 11. The Bertz CT molecular complexity index is 1660. The predicted molar refractivity (Wildman–Crippen MR) is 175 cm³/mol. The maximum Gasteiger partial charge on any atom is 0.420 e. The first-order valence-electron chi connectivity index (χ1n) is 15.4. The van der Waals surface area contributed by atoms with E-state index in [1.54, 1.807) is 24.3 Å². The van der Waals surface area contributed by atoms with Gasteiger partial charge in [0.1, 0.15) is 24.3 Å². The number of hydrogen-bond donors (Lipinski definition) is 2. The minimum absolute atomic E-state index is 0.194. The second kappa shape index (κ2) is 16.0. The van der Waals surface area contributed by atoms with Crippen LogP contribution in [-0.4, -0.2) is 57.1 Å². The predicted octanol–water partition coefficient (Wildman–Crippen LogP) is 5.32. The Morgan fingerprint density at radius 3 is 2.32 bits per heavy atom. The average Bonchev–Trinajstić information content (AvgIpc) is 3.11. The van der Waals surface area contributed by atoms with E-state index in [0.29, 0.717) is 42.8 Å². The van der Waals surface area contributed by atoms with Gasteiger partial charge in [0.05, 0.1) is 36.6 Å². The molecule has 5 rings (SSSR count). The Labute approximate surface area is 273 Å². The summed E-state index contributed by atoms with van der Waals surface area (Å²) >= 11 is 0. The molecule has 10 heteroatoms. The van der Waals surface area contributed by atoms with Crippen LogP contribution < -0.4 is 20.7 Å². The number of hydrogen-bond acceptors (Lipinski definition) is 8. The van der Waals surface area contributed by atoms with E-state index in [4.69, 9.17) is 25.2 Å². The number of nitrogens with one attached hydrogen (secondary N) is 1. The number of morpholine rings is 1. The largest absolute Gasteiger partial charge is 0.491 e. The van der Waals surface area contributed by atoms with Gasteiger partial charge in [-0.05, 0) is 65.9 Å². The number of benzene rings is 4. The lowest BCUT2D eigenvalue weighted by molar-refractivity contribution is -0.119. The van der Waals surface area contributed by atoms with Gasteiger partial charge in [-0.2, -0.15) is 5.26 Å². The third-order valence-corrected chi connectivity index (χ3v) is 8.09. The van der Waals surface area contributed by atoms with Crippen LogP contribution in [0.5, 0.6) is 5.75 Å². The number of aryl methyl sites for hydroxylation is 1. The molecule has 2 amide bonds. The van der Waals surface area contributed by atoms with Gasteiger partial charge in [-0.25, -0.2) is 14.1 Å². The highest BCUT2D eigenvalue weighted by atomic mass is 19.1. The zero-order valence-corrected chi connectivity index (χ0v) is 26.1. The molecule has 0 aromatic heterocycles. The van der Waals surface area contributed by atoms with Crippen LogP contribution in [0.4, 0.5) is 14.9 Å². The molecule has 0 radical (unpaired) electrons. The number of carbonyl (C=O) groups excluding carboxylic acids is 2. The number of nitrogens with two attached hydrogens (primary N) is 1. The van der Waals surface area contributed by atoms with Gasteiger partial charge in [-0.1, -0.05) is 66.7 Å². The summed E-state index contributed by atoms with van der Waals surface area (Å²) in [6.45, 7) is 1.41. The zero-order valence-electron chi connectivity index (χ0n) is 26.1. The molecule has 47 heavy (non-hydrogen) atoms. The summed E-state index contributed by atoms with van der Waals surface area (Å²) in [5.74, 6) is -1.18. The molecule has 1 aliphatic heterocycles. The fourth-order valence-electron chi connectivity index (χ4n) is 5.79. The number of carbonyl (C=O) groups is 2. The molecular weight excluding hydrogens is 599 g/mol. The minimum Gasteiger partial charge on any atom is -0.491 e. The summed E-state index contributed by atoms with van der Waals surface area (Å²) in [7, 11) is 1.18. The number of ether oxygens (including phenoxy) is 3. The summed E-state index contributed by atoms with van der Waals surface area (Å²) < 4.78 is 31.8. The van der Waals surface area contributed by atoms with Crippen molar-refractivity contribution in [3.8, 4) is 11.8 Å². The molecule has 1 heterocycles. The number of nitrogens with zero attached hydrogens (tertiary/aromatic N) is 2. The van der Waals surface area contributed by atoms with Crippen molar-refractivity contribution in [1.29, 1.82) is 5.26 Å². The van der Waals surface area contributed by atoms with Crippen molar-refractivity contribution < 1.29 is 28.2 Å². The summed E-state index contributed by atoms with van der Waals surface area (Å²) in [6.07, 6.45) is -0.662. The van der Waals surface area contributed by atoms with Crippen LogP contribution in [0.25, 0.3) is 0 Å². The second-order valence-corrected chi connectivity index (χ2v) is 11.3. The third kappa shape index (κ3) is 8.40. The van der Waals surface area contributed by atoms with E-state index in [-0.39, 0.29) is 24.5 Å². The number of amides is 2. The molecule has 0 saturated carbocycles. The number of halogens is 1. The summed E-state index contributed by atoms with van der Waals surface area (Å²) in [5, 5.41) is 12.5. The lowest BCUT2D eigenvalue weighted by Gasteiger charge is -2.32. The van der Waals surface area contributed by atoms with Crippen molar-refractivity contribution in [3.63, 3.8) is 0 Å². The maximum atomic E-state index is 14.6. The first-order chi connectivity index (χ1) is 22.9. The smallest absolute Gasteiger partial charge is 0.420 e. The molecule has 4 aromatic carbocycles. The normalized spacial score (nSPS) is 16.6. The van der Waals surface area contributed by atoms with Crippen molar-refractivity contribution in [2.75, 3.05) is 31.7 Å². The van der Waals surface area contributed by atoms with E-state index >= 15 is 0 Å². The van der Waals surface area contributed by atoms with Crippen LogP contribution in [0.15, 0.2) is 103 Å². The molecule has 0 bridgehead atoms. The van der Waals surface area contributed by atoms with Gasteiger partial charge in [0.15, 0.2) is 0 Å². The van der Waals surface area contributed by atoms with Gasteiger partial charge in [-0.15, -0.1) is 0 Å². The van der Waals surface area contributed by atoms with Gasteiger partial charge in [0.2, 0.25) is 0 Å². The van der Waals surface area contributed by atoms with Gasteiger partial charge in [-0.3, -0.25) is 4.79 Å². The highest BCUT2D eigenvalue weighted by Gasteiger charge is 2.36. The Balaban J connectivity index is 1.34. The highest BCUT2D eigenvalue weighted by molar-refractivity contribution is 6.15. The number of methoxy groups -OCH3 is 1. The Kier molecular flexibility index (Phi) is 11.3. The lowest BCUT2D eigenvalue weighted by Crippen LogP contribution is -2.50. The first-order valence-corrected chi connectivity index (χ1v) is 15.4. The standard InChI is InChI=1S/C37H37FN4O5/c1-45-37(44)42(36(43)35(40)34(26-10-4-2-5-11-26)27-12-6-3-7-13-27)33-18-16-29(38)20-28(33)15-17-31-22-41-23-32(47-31)24-46-30-14-8-9-25(19-30)21-39/h2-14,16,18-20,31-32,34-35,41H,15,17,22-24,40H2,1H3/t31-,32+,35+/m1/s1. The molecule has 3 atom stereocenters. The molecule has 0 spiro atoms. The average molecular weight is 637 g/mol. The molecule has 3 N–H and O–H groups in total. The Morgan fingerprint density at radius 2 is 1.66 bits per heavy atom. The van der Waals surface area contributed by atoms with Crippen LogP contribution in [0.1, 0.15) is 34.6 Å². The Hall–Kier alpha value is -5.08. The zero-order chi connectivity index (χ0) is 33.2. The lowest BCUT2D eigenvalue weighted by atomic mass is 9.84. The summed E-state index contributed by atoms with van der Waals surface area (Å²) in [5.41, 5.74) is 9.45. The fourth-order valence-corrected chi connectivity index (χ4v) is 5.79. The molecule has 1 aliphatic rings. The van der Waals surface area contributed by atoms with Gasteiger partial charge < -0.3 is 25.3 Å². The van der Waals surface area contributed by atoms with Crippen LogP contribution >= 0.6 is 0 Å². The van der Waals surface area contributed by atoms with Crippen molar-refractivity contribution in [3.05, 3.63) is 131 Å². The third-order valence-electron chi connectivity index (χ3n) is 8.09. The van der Waals surface area contributed by atoms with Crippen LogP contribution in [-0.2, 0) is 20.7 Å². The van der Waals surface area contributed by atoms with Crippen LogP contribution in [0.2, 0.25) is 0 Å². The quantitative estimate of drug-likeness (QED) is 0.226. The van der Waals surface area contributed by atoms with Crippen molar-refractivity contribution in [2.45, 2.75) is 37.0 Å². The summed E-state index contributed by atoms with van der Waals surface area (Å²) in [6, 6.07) is 30.5. The molecule has 4 aromatic rings. The molecule has 1 fully saturated rings. The van der Waals surface area contributed by atoms with Crippen LogP contribution in [0.3, 0.4) is 0 Å². The summed E-state index contributed by atoms with van der Waals surface area (Å²) in [4.78, 5) is 28.3. The number of imide groups is 1. The highest BCUT2D eigenvalue weighted by Crippen LogP contribution is 2.31. The van der Waals surface area contributed by atoms with E-state index in [1.807, 2.05) is 60.7 Å². The maximum absolute atomic E-state index is 14.6. The van der Waals surface area contributed by atoms with Gasteiger partial charge >= 0.3 is 6.09 Å². The molecular formula is C37H37FN4O5. The van der Waals surface area contributed by atoms with Gasteiger partial charge in [0.25, 0.3) is 5.91 Å². The monoisotopic (exact) mass is 636 g/mol. The molecule has 1 saturated heterocycles. The molecule has 0 unspecified atom stereocenters.